The average Bonchev–Trinajstić information content (AvgIpc) is 2.45. The first kappa shape index (κ1) is 10.7. The fourth-order valence-corrected chi connectivity index (χ4v) is 0.956. The number of terminal acetylenes is 1. The maximum atomic E-state index is 5.36. The van der Waals surface area contributed by atoms with Gasteiger partial charge < -0.3 is 4.57 Å². The van der Waals surface area contributed by atoms with E-state index in [2.05, 4.69) is 21.4 Å². The lowest BCUT2D eigenvalue weighted by Crippen LogP contribution is -2.37. The van der Waals surface area contributed by atoms with Gasteiger partial charge in [-0.25, -0.2) is 0 Å². The van der Waals surface area contributed by atoms with Crippen molar-refractivity contribution in [2.24, 2.45) is 7.05 Å². The number of hydrogen-bond donors (Lipinski definition) is 1. The molecule has 0 fully saturated rings. The summed E-state index contributed by atoms with van der Waals surface area (Å²) in [6.45, 7) is 6.46. The Morgan fingerprint density at radius 1 is 1.50 bits per heavy atom. The van der Waals surface area contributed by atoms with E-state index in [1.165, 1.54) is 0 Å². The second kappa shape index (κ2) is 3.81. The van der Waals surface area contributed by atoms with Crippen molar-refractivity contribution < 1.29 is 0 Å². The van der Waals surface area contributed by atoms with Crippen LogP contribution >= 0.6 is 0 Å². The maximum absolute atomic E-state index is 5.36. The molecular weight excluding hydrogens is 176 g/mol. The van der Waals surface area contributed by atoms with Crippen LogP contribution in [0.4, 0.5) is 0 Å². The summed E-state index contributed by atoms with van der Waals surface area (Å²) in [6.07, 6.45) is 5.36. The Balaban J connectivity index is 2.64. The number of nitrogens with one attached hydrogen (secondary N) is 1. The van der Waals surface area contributed by atoms with Gasteiger partial charge in [0.05, 0.1) is 12.1 Å². The summed E-state index contributed by atoms with van der Waals surface area (Å²) in [6, 6.07) is 0. The number of nitrogens with zero attached hydrogens (tertiary/aromatic N) is 3. The molecule has 0 spiro atoms. The van der Waals surface area contributed by atoms with E-state index in [4.69, 9.17) is 6.42 Å². The van der Waals surface area contributed by atoms with Gasteiger partial charge in [-0.15, -0.1) is 16.6 Å². The molecule has 0 saturated heterocycles. The maximum Gasteiger partial charge on any atom is 0.146 e. The summed E-state index contributed by atoms with van der Waals surface area (Å²) in [7, 11) is 1.94. The Hall–Kier alpha value is -1.34. The zero-order valence-electron chi connectivity index (χ0n) is 9.13. The molecule has 0 saturated carbocycles. The van der Waals surface area contributed by atoms with E-state index in [-0.39, 0.29) is 5.54 Å². The zero-order chi connectivity index (χ0) is 10.8. The largest absolute Gasteiger partial charge is 0.317 e. The van der Waals surface area contributed by atoms with E-state index < -0.39 is 0 Å². The molecule has 1 heterocycles. The summed E-state index contributed by atoms with van der Waals surface area (Å²) in [5.41, 5.74) is -0.306. The fourth-order valence-electron chi connectivity index (χ4n) is 0.956. The monoisotopic (exact) mass is 192 g/mol. The van der Waals surface area contributed by atoms with Crippen LogP contribution in [0.5, 0.6) is 0 Å². The molecule has 14 heavy (non-hydrogen) atoms. The quantitative estimate of drug-likeness (QED) is 0.714. The van der Waals surface area contributed by atoms with E-state index in [1.54, 1.807) is 0 Å². The van der Waals surface area contributed by atoms with Crippen LogP contribution in [-0.4, -0.2) is 20.3 Å². The van der Waals surface area contributed by atoms with Crippen LogP contribution < -0.4 is 5.32 Å². The van der Waals surface area contributed by atoms with Crippen LogP contribution in [0.2, 0.25) is 0 Å². The van der Waals surface area contributed by atoms with E-state index >= 15 is 0 Å². The van der Waals surface area contributed by atoms with Crippen molar-refractivity contribution in [1.29, 1.82) is 0 Å². The number of rotatable bonds is 3. The van der Waals surface area contributed by atoms with Crippen molar-refractivity contribution in [1.82, 2.24) is 20.1 Å². The highest BCUT2D eigenvalue weighted by atomic mass is 15.3. The molecule has 0 amide bonds. The van der Waals surface area contributed by atoms with Gasteiger partial charge in [0.25, 0.3) is 0 Å². The van der Waals surface area contributed by atoms with Gasteiger partial charge in [0.15, 0.2) is 0 Å². The first-order valence-electron chi connectivity index (χ1n) is 4.54. The zero-order valence-corrected chi connectivity index (χ0v) is 9.13. The van der Waals surface area contributed by atoms with Crippen LogP contribution in [0, 0.1) is 19.3 Å². The summed E-state index contributed by atoms with van der Waals surface area (Å²) < 4.78 is 1.94. The molecular formula is C10H16N4. The van der Waals surface area contributed by atoms with Gasteiger partial charge in [-0.1, -0.05) is 5.92 Å². The Labute approximate surface area is 84.7 Å². The summed E-state index contributed by atoms with van der Waals surface area (Å²) in [4.78, 5) is 0. The van der Waals surface area contributed by atoms with Crippen molar-refractivity contribution in [3.8, 4) is 12.3 Å². The third kappa shape index (κ3) is 2.33. The highest BCUT2D eigenvalue weighted by Crippen LogP contribution is 2.02. The number of hydrogen-bond acceptors (Lipinski definition) is 3. The molecule has 1 aromatic rings. The predicted molar refractivity (Wildman–Crippen MR) is 55.5 cm³/mol. The third-order valence-electron chi connectivity index (χ3n) is 2.23. The van der Waals surface area contributed by atoms with Gasteiger partial charge in [-0.3, -0.25) is 5.32 Å². The highest BCUT2D eigenvalue weighted by molar-refractivity contribution is 5.08. The summed E-state index contributed by atoms with van der Waals surface area (Å²) in [5.74, 6) is 4.47. The molecule has 0 aliphatic carbocycles. The summed E-state index contributed by atoms with van der Waals surface area (Å²) in [5, 5.41) is 11.2. The second-order valence-electron chi connectivity index (χ2n) is 3.85. The molecule has 4 heteroatoms. The molecule has 1 aromatic heterocycles. The topological polar surface area (TPSA) is 42.7 Å². The lowest BCUT2D eigenvalue weighted by Gasteiger charge is -2.18. The Kier molecular flexibility index (Phi) is 2.92. The van der Waals surface area contributed by atoms with E-state index in [1.807, 2.05) is 32.4 Å². The summed E-state index contributed by atoms with van der Waals surface area (Å²) >= 11 is 0. The normalized spacial score (nSPS) is 11.4. The first-order valence-corrected chi connectivity index (χ1v) is 4.54. The van der Waals surface area contributed by atoms with Crippen molar-refractivity contribution in [3.63, 3.8) is 0 Å². The Bertz CT molecular complexity index is 357. The van der Waals surface area contributed by atoms with Crippen molar-refractivity contribution in [2.75, 3.05) is 0 Å². The molecule has 0 radical (unpaired) electrons. The highest BCUT2D eigenvalue weighted by Gasteiger charge is 2.14. The molecule has 0 aliphatic rings. The third-order valence-corrected chi connectivity index (χ3v) is 2.23. The molecule has 1 rings (SSSR count). The standard InChI is InChI=1S/C10H16N4/c1-6-10(3,4)11-7-9-13-12-8(2)14(9)5/h1,11H,7H2,2-5H3. The first-order chi connectivity index (χ1) is 6.46. The minimum atomic E-state index is -0.306. The lowest BCUT2D eigenvalue weighted by atomic mass is 10.1. The van der Waals surface area contributed by atoms with Crippen molar-refractivity contribution >= 4 is 0 Å². The molecule has 76 valence electrons. The lowest BCUT2D eigenvalue weighted by molar-refractivity contribution is 0.475. The fraction of sp³-hybridized carbons (Fsp3) is 0.600. The molecule has 1 N–H and O–H groups in total. The van der Waals surface area contributed by atoms with Gasteiger partial charge in [-0.2, -0.15) is 0 Å². The van der Waals surface area contributed by atoms with Crippen molar-refractivity contribution in [2.45, 2.75) is 32.9 Å². The van der Waals surface area contributed by atoms with Crippen LogP contribution in [0.3, 0.4) is 0 Å². The van der Waals surface area contributed by atoms with E-state index in [9.17, 15) is 0 Å². The van der Waals surface area contributed by atoms with Crippen LogP contribution in [0.25, 0.3) is 0 Å². The Morgan fingerprint density at radius 3 is 2.57 bits per heavy atom. The molecule has 0 aromatic carbocycles. The van der Waals surface area contributed by atoms with Gasteiger partial charge in [0.1, 0.15) is 11.6 Å². The Morgan fingerprint density at radius 2 is 2.14 bits per heavy atom. The van der Waals surface area contributed by atoms with Crippen LogP contribution in [-0.2, 0) is 13.6 Å². The van der Waals surface area contributed by atoms with E-state index in [0.29, 0.717) is 6.54 Å². The average molecular weight is 192 g/mol. The molecule has 0 atom stereocenters. The van der Waals surface area contributed by atoms with Crippen LogP contribution in [0.1, 0.15) is 25.5 Å². The van der Waals surface area contributed by atoms with Crippen molar-refractivity contribution in [3.05, 3.63) is 11.6 Å². The minimum absolute atomic E-state index is 0.306. The SMILES string of the molecule is C#CC(C)(C)NCc1nnc(C)n1C. The molecule has 4 nitrogen and oxygen atoms in total. The predicted octanol–water partition coefficient (Wildman–Crippen LogP) is 0.625. The molecule has 0 unspecified atom stereocenters. The smallest absolute Gasteiger partial charge is 0.146 e. The van der Waals surface area contributed by atoms with E-state index in [0.717, 1.165) is 11.6 Å². The van der Waals surface area contributed by atoms with Gasteiger partial charge in [0.2, 0.25) is 0 Å². The van der Waals surface area contributed by atoms with Gasteiger partial charge >= 0.3 is 0 Å². The van der Waals surface area contributed by atoms with Crippen LogP contribution in [0.15, 0.2) is 0 Å². The second-order valence-corrected chi connectivity index (χ2v) is 3.85. The van der Waals surface area contributed by atoms with Gasteiger partial charge in [0, 0.05) is 7.05 Å². The number of aryl methyl sites for hydroxylation is 1. The minimum Gasteiger partial charge on any atom is -0.317 e. The molecule has 0 bridgehead atoms. The molecule has 0 aliphatic heterocycles. The van der Waals surface area contributed by atoms with Gasteiger partial charge in [-0.05, 0) is 20.8 Å². The number of aromatic nitrogens is 3.